The van der Waals surface area contributed by atoms with Crippen molar-refractivity contribution in [2.24, 2.45) is 5.92 Å². The summed E-state index contributed by atoms with van der Waals surface area (Å²) >= 11 is 0. The highest BCUT2D eigenvalue weighted by molar-refractivity contribution is 5.23. The number of rotatable bonds is 7. The standard InChI is InChI=1S/C13H19FN2O/c1-2-15-9-11-5-7-16-13(12(11)14)17-8-6-10-3-4-10/h5,7,10,15H,2-4,6,8-9H2,1H3. The molecule has 1 saturated carbocycles. The minimum atomic E-state index is -0.329. The minimum Gasteiger partial charge on any atom is -0.476 e. The smallest absolute Gasteiger partial charge is 0.250 e. The summed E-state index contributed by atoms with van der Waals surface area (Å²) < 4.78 is 19.3. The summed E-state index contributed by atoms with van der Waals surface area (Å²) in [6.07, 6.45) is 5.19. The number of pyridine rings is 1. The van der Waals surface area contributed by atoms with Gasteiger partial charge in [-0.2, -0.15) is 0 Å². The van der Waals surface area contributed by atoms with Crippen LogP contribution in [0.25, 0.3) is 0 Å². The van der Waals surface area contributed by atoms with E-state index in [-0.39, 0.29) is 11.7 Å². The zero-order valence-corrected chi connectivity index (χ0v) is 10.2. The highest BCUT2D eigenvalue weighted by Crippen LogP contribution is 2.32. The molecule has 1 aromatic rings. The molecule has 1 aliphatic rings. The normalized spacial score (nSPS) is 14.9. The van der Waals surface area contributed by atoms with Crippen molar-refractivity contribution in [2.45, 2.75) is 32.7 Å². The summed E-state index contributed by atoms with van der Waals surface area (Å²) in [5, 5.41) is 3.09. The molecule has 2 rings (SSSR count). The van der Waals surface area contributed by atoms with E-state index in [1.54, 1.807) is 12.3 Å². The van der Waals surface area contributed by atoms with Crippen LogP contribution in [0.4, 0.5) is 4.39 Å². The molecule has 0 radical (unpaired) electrons. The summed E-state index contributed by atoms with van der Waals surface area (Å²) in [6, 6.07) is 1.69. The molecule has 1 N–H and O–H groups in total. The summed E-state index contributed by atoms with van der Waals surface area (Å²) in [4.78, 5) is 3.94. The Hall–Kier alpha value is -1.16. The molecule has 1 aromatic heterocycles. The van der Waals surface area contributed by atoms with E-state index in [2.05, 4.69) is 10.3 Å². The van der Waals surface area contributed by atoms with Crippen molar-refractivity contribution in [3.05, 3.63) is 23.6 Å². The molecule has 0 unspecified atom stereocenters. The van der Waals surface area contributed by atoms with Gasteiger partial charge in [0, 0.05) is 18.3 Å². The first kappa shape index (κ1) is 12.3. The van der Waals surface area contributed by atoms with Crippen molar-refractivity contribution in [1.29, 1.82) is 0 Å². The van der Waals surface area contributed by atoms with E-state index >= 15 is 0 Å². The third-order valence-corrected chi connectivity index (χ3v) is 2.96. The fourth-order valence-electron chi connectivity index (χ4n) is 1.69. The molecule has 4 heteroatoms. The van der Waals surface area contributed by atoms with Gasteiger partial charge >= 0.3 is 0 Å². The van der Waals surface area contributed by atoms with Crippen molar-refractivity contribution in [3.63, 3.8) is 0 Å². The molecule has 0 aliphatic heterocycles. The molecule has 1 fully saturated rings. The molecule has 0 saturated heterocycles. The number of ether oxygens (including phenoxy) is 1. The van der Waals surface area contributed by atoms with Crippen molar-refractivity contribution in [2.75, 3.05) is 13.2 Å². The van der Waals surface area contributed by atoms with Crippen LogP contribution in [-0.2, 0) is 6.54 Å². The fourth-order valence-corrected chi connectivity index (χ4v) is 1.69. The lowest BCUT2D eigenvalue weighted by molar-refractivity contribution is 0.275. The average molecular weight is 238 g/mol. The van der Waals surface area contributed by atoms with Gasteiger partial charge in [-0.3, -0.25) is 0 Å². The summed E-state index contributed by atoms with van der Waals surface area (Å²) in [5.74, 6) is 0.605. The van der Waals surface area contributed by atoms with Gasteiger partial charge < -0.3 is 10.1 Å². The topological polar surface area (TPSA) is 34.2 Å². The van der Waals surface area contributed by atoms with Gasteiger partial charge in [0.25, 0.3) is 5.88 Å². The van der Waals surface area contributed by atoms with Gasteiger partial charge in [0.15, 0.2) is 5.82 Å². The third kappa shape index (κ3) is 3.66. The van der Waals surface area contributed by atoms with E-state index in [1.165, 1.54) is 12.8 Å². The molecule has 94 valence electrons. The predicted molar refractivity (Wildman–Crippen MR) is 64.4 cm³/mol. The van der Waals surface area contributed by atoms with Crippen LogP contribution in [0.3, 0.4) is 0 Å². The van der Waals surface area contributed by atoms with Crippen LogP contribution in [0.15, 0.2) is 12.3 Å². The molecule has 0 amide bonds. The van der Waals surface area contributed by atoms with Gasteiger partial charge in [0.1, 0.15) is 0 Å². The maximum Gasteiger partial charge on any atom is 0.250 e. The number of hydrogen-bond acceptors (Lipinski definition) is 3. The van der Waals surface area contributed by atoms with E-state index in [4.69, 9.17) is 4.74 Å². The molecule has 0 aromatic carbocycles. The first-order valence-electron chi connectivity index (χ1n) is 6.28. The van der Waals surface area contributed by atoms with Gasteiger partial charge in [-0.1, -0.05) is 19.8 Å². The SMILES string of the molecule is CCNCc1ccnc(OCCC2CC2)c1F. The second-order valence-corrected chi connectivity index (χ2v) is 4.45. The Labute approximate surface area is 101 Å². The van der Waals surface area contributed by atoms with Crippen LogP contribution < -0.4 is 10.1 Å². The maximum atomic E-state index is 13.9. The first-order chi connectivity index (χ1) is 8.31. The average Bonchev–Trinajstić information content (AvgIpc) is 3.14. The lowest BCUT2D eigenvalue weighted by atomic mass is 10.2. The monoisotopic (exact) mass is 238 g/mol. The molecule has 3 nitrogen and oxygen atoms in total. The summed E-state index contributed by atoms with van der Waals surface area (Å²) in [5.41, 5.74) is 0.614. The van der Waals surface area contributed by atoms with E-state index in [0.29, 0.717) is 18.7 Å². The van der Waals surface area contributed by atoms with E-state index in [1.807, 2.05) is 6.92 Å². The highest BCUT2D eigenvalue weighted by atomic mass is 19.1. The molecular formula is C13H19FN2O. The molecule has 0 spiro atoms. The van der Waals surface area contributed by atoms with Crippen LogP contribution in [0.5, 0.6) is 5.88 Å². The number of halogens is 1. The Morgan fingerprint density at radius 1 is 1.53 bits per heavy atom. The molecular weight excluding hydrogens is 219 g/mol. The van der Waals surface area contributed by atoms with Crippen molar-refractivity contribution < 1.29 is 9.13 Å². The fraction of sp³-hybridized carbons (Fsp3) is 0.615. The highest BCUT2D eigenvalue weighted by Gasteiger charge is 2.21. The second-order valence-electron chi connectivity index (χ2n) is 4.45. The number of nitrogens with zero attached hydrogens (tertiary/aromatic N) is 1. The Morgan fingerprint density at radius 3 is 3.06 bits per heavy atom. The zero-order valence-electron chi connectivity index (χ0n) is 10.2. The van der Waals surface area contributed by atoms with Crippen LogP contribution in [0.1, 0.15) is 31.7 Å². The predicted octanol–water partition coefficient (Wildman–Crippen LogP) is 2.51. The van der Waals surface area contributed by atoms with Gasteiger partial charge in [0.2, 0.25) is 0 Å². The largest absolute Gasteiger partial charge is 0.476 e. The van der Waals surface area contributed by atoms with Crippen LogP contribution in [0.2, 0.25) is 0 Å². The second kappa shape index (κ2) is 5.96. The van der Waals surface area contributed by atoms with Gasteiger partial charge in [-0.05, 0) is 24.9 Å². The lowest BCUT2D eigenvalue weighted by Gasteiger charge is -2.09. The van der Waals surface area contributed by atoms with Gasteiger partial charge in [-0.15, -0.1) is 0 Å². The van der Waals surface area contributed by atoms with Crippen molar-refractivity contribution >= 4 is 0 Å². The van der Waals surface area contributed by atoms with E-state index in [0.717, 1.165) is 18.9 Å². The molecule has 1 heterocycles. The molecule has 0 bridgehead atoms. The molecule has 0 atom stereocenters. The Balaban J connectivity index is 1.90. The first-order valence-corrected chi connectivity index (χ1v) is 6.28. The van der Waals surface area contributed by atoms with Crippen LogP contribution in [-0.4, -0.2) is 18.1 Å². The third-order valence-electron chi connectivity index (χ3n) is 2.96. The lowest BCUT2D eigenvalue weighted by Crippen LogP contribution is -2.14. The number of nitrogens with one attached hydrogen (secondary N) is 1. The molecule has 17 heavy (non-hydrogen) atoms. The Morgan fingerprint density at radius 2 is 2.35 bits per heavy atom. The van der Waals surface area contributed by atoms with Crippen LogP contribution >= 0.6 is 0 Å². The quantitative estimate of drug-likeness (QED) is 0.792. The minimum absolute atomic E-state index is 0.140. The summed E-state index contributed by atoms with van der Waals surface area (Å²) in [6.45, 7) is 3.90. The van der Waals surface area contributed by atoms with Crippen LogP contribution in [0, 0.1) is 11.7 Å². The Bertz CT molecular complexity index is 366. The Kier molecular flexibility index (Phi) is 4.31. The zero-order chi connectivity index (χ0) is 12.1. The van der Waals surface area contributed by atoms with Crippen molar-refractivity contribution in [1.82, 2.24) is 10.3 Å². The van der Waals surface area contributed by atoms with E-state index in [9.17, 15) is 4.39 Å². The van der Waals surface area contributed by atoms with Crippen molar-refractivity contribution in [3.8, 4) is 5.88 Å². The summed E-state index contributed by atoms with van der Waals surface area (Å²) in [7, 11) is 0. The molecule has 1 aliphatic carbocycles. The van der Waals surface area contributed by atoms with E-state index < -0.39 is 0 Å². The number of hydrogen-bond donors (Lipinski definition) is 1. The van der Waals surface area contributed by atoms with Gasteiger partial charge in [0.05, 0.1) is 6.61 Å². The number of aromatic nitrogens is 1. The maximum absolute atomic E-state index is 13.9. The van der Waals surface area contributed by atoms with Gasteiger partial charge in [-0.25, -0.2) is 9.37 Å².